The van der Waals surface area contributed by atoms with Gasteiger partial charge in [-0.05, 0) is 49.3 Å². The third-order valence-corrected chi connectivity index (χ3v) is 7.89. The maximum absolute atomic E-state index is 13.2. The predicted octanol–water partition coefficient (Wildman–Crippen LogP) is 3.08. The second-order valence-electron chi connectivity index (χ2n) is 8.21. The lowest BCUT2D eigenvalue weighted by Crippen LogP contribution is -2.47. The molecule has 0 fully saturated rings. The van der Waals surface area contributed by atoms with E-state index < -0.39 is 21.8 Å². The summed E-state index contributed by atoms with van der Waals surface area (Å²) in [4.78, 5) is 27.8. The number of sulfonamides is 1. The predicted molar refractivity (Wildman–Crippen MR) is 135 cm³/mol. The molecule has 3 N–H and O–H groups in total. The van der Waals surface area contributed by atoms with Crippen molar-refractivity contribution in [3.8, 4) is 0 Å². The molecule has 184 valence electrons. The second-order valence-corrected chi connectivity index (χ2v) is 10.4. The highest BCUT2D eigenvalue weighted by atomic mass is 35.5. The van der Waals surface area contributed by atoms with Gasteiger partial charge in [0.25, 0.3) is 11.8 Å². The Morgan fingerprint density at radius 3 is 2.00 bits per heavy atom. The Morgan fingerprint density at radius 2 is 1.46 bits per heavy atom. The molecule has 35 heavy (non-hydrogen) atoms. The van der Waals surface area contributed by atoms with E-state index in [1.54, 1.807) is 36.4 Å². The first kappa shape index (κ1) is 25.1. The van der Waals surface area contributed by atoms with Crippen molar-refractivity contribution in [2.24, 2.45) is 0 Å². The number of halogens is 1. The van der Waals surface area contributed by atoms with E-state index in [0.29, 0.717) is 41.4 Å². The monoisotopic (exact) mass is 514 g/mol. The molecule has 0 aromatic heterocycles. The van der Waals surface area contributed by atoms with Gasteiger partial charge in [0.2, 0.25) is 10.0 Å². The van der Waals surface area contributed by atoms with E-state index in [9.17, 15) is 18.0 Å². The number of hydrogen-bond acceptors (Lipinski definition) is 5. The molecule has 0 spiro atoms. The van der Waals surface area contributed by atoms with Crippen molar-refractivity contribution in [1.82, 2.24) is 20.3 Å². The number of nitrogens with one attached hydrogen (secondary N) is 3. The Hall–Kier alpha value is -2.98. The van der Waals surface area contributed by atoms with Gasteiger partial charge in [0.1, 0.15) is 0 Å². The quantitative estimate of drug-likeness (QED) is 0.446. The summed E-state index contributed by atoms with van der Waals surface area (Å²) in [7, 11) is -3.85. The first-order chi connectivity index (χ1) is 16.7. The van der Waals surface area contributed by atoms with E-state index in [4.69, 9.17) is 11.6 Å². The summed E-state index contributed by atoms with van der Waals surface area (Å²) in [6.45, 7) is 7.30. The lowest BCUT2D eigenvalue weighted by molar-refractivity contribution is -0.117. The minimum Gasteiger partial charge on any atom is -0.321 e. The number of hydrogen-bond donors (Lipinski definition) is 3. The van der Waals surface area contributed by atoms with Crippen LogP contribution in [0.15, 0.2) is 64.6 Å². The smallest absolute Gasteiger partial charge is 0.258 e. The molecule has 0 radical (unpaired) electrons. The van der Waals surface area contributed by atoms with E-state index in [1.807, 2.05) is 25.7 Å². The number of carbonyl (C=O) groups excluding carboxylic acids is 2. The SMILES string of the molecule is CCC(NS(=O)(=O)c1cccc(C2=C3C(=O)NC(c4ccc(Cl)cc4)=C3C(=O)N2)c1)N(CC)CC. The van der Waals surface area contributed by atoms with Gasteiger partial charge in [0.15, 0.2) is 0 Å². The Balaban J connectivity index is 1.73. The van der Waals surface area contributed by atoms with Gasteiger partial charge in [0.05, 0.1) is 33.6 Å². The topological polar surface area (TPSA) is 108 Å². The van der Waals surface area contributed by atoms with Gasteiger partial charge in [-0.2, -0.15) is 4.72 Å². The zero-order valence-electron chi connectivity index (χ0n) is 19.7. The van der Waals surface area contributed by atoms with E-state index >= 15 is 0 Å². The van der Waals surface area contributed by atoms with Crippen LogP contribution in [0.1, 0.15) is 38.3 Å². The fraction of sp³-hybridized carbons (Fsp3) is 0.280. The van der Waals surface area contributed by atoms with Crippen LogP contribution in [-0.4, -0.2) is 44.4 Å². The summed E-state index contributed by atoms with van der Waals surface area (Å²) in [5.41, 5.74) is 2.16. The molecule has 4 rings (SSSR count). The molecule has 10 heteroatoms. The van der Waals surface area contributed by atoms with E-state index in [2.05, 4.69) is 15.4 Å². The fourth-order valence-electron chi connectivity index (χ4n) is 4.38. The Labute approximate surface area is 210 Å². The highest BCUT2D eigenvalue weighted by Crippen LogP contribution is 2.37. The molecular formula is C25H27ClN4O4S. The third kappa shape index (κ3) is 4.77. The van der Waals surface area contributed by atoms with Crippen molar-refractivity contribution < 1.29 is 18.0 Å². The molecule has 0 bridgehead atoms. The second kappa shape index (κ2) is 9.94. The molecule has 0 aliphatic carbocycles. The maximum atomic E-state index is 13.2. The first-order valence-electron chi connectivity index (χ1n) is 11.4. The fourth-order valence-corrected chi connectivity index (χ4v) is 5.85. The Kier molecular flexibility index (Phi) is 7.14. The highest BCUT2D eigenvalue weighted by Gasteiger charge is 2.41. The normalized spacial score (nSPS) is 16.6. The maximum Gasteiger partial charge on any atom is 0.258 e. The van der Waals surface area contributed by atoms with Crippen molar-refractivity contribution in [3.05, 3.63) is 75.8 Å². The molecule has 2 aliphatic rings. The minimum atomic E-state index is -3.85. The van der Waals surface area contributed by atoms with Crippen LogP contribution < -0.4 is 15.4 Å². The van der Waals surface area contributed by atoms with Crippen molar-refractivity contribution in [2.75, 3.05) is 13.1 Å². The van der Waals surface area contributed by atoms with Crippen LogP contribution in [0, 0.1) is 0 Å². The zero-order chi connectivity index (χ0) is 25.3. The van der Waals surface area contributed by atoms with Crippen LogP contribution in [0.4, 0.5) is 0 Å². The van der Waals surface area contributed by atoms with Crippen LogP contribution >= 0.6 is 11.6 Å². The van der Waals surface area contributed by atoms with Gasteiger partial charge in [-0.15, -0.1) is 0 Å². The summed E-state index contributed by atoms with van der Waals surface area (Å²) in [5.74, 6) is -0.866. The number of fused-ring (bicyclic) bond motifs is 1. The lowest BCUT2D eigenvalue weighted by Gasteiger charge is -2.29. The number of carbonyl (C=O) groups is 2. The van der Waals surface area contributed by atoms with E-state index in [1.165, 1.54) is 12.1 Å². The van der Waals surface area contributed by atoms with Gasteiger partial charge in [0, 0.05) is 10.6 Å². The summed E-state index contributed by atoms with van der Waals surface area (Å²) in [6, 6.07) is 13.0. The van der Waals surface area contributed by atoms with Gasteiger partial charge in [-0.1, -0.05) is 56.6 Å². The average molecular weight is 515 g/mol. The zero-order valence-corrected chi connectivity index (χ0v) is 21.3. The molecule has 2 aromatic rings. The molecule has 0 saturated heterocycles. The molecule has 2 amide bonds. The summed E-state index contributed by atoms with van der Waals surface area (Å²) < 4.78 is 29.1. The highest BCUT2D eigenvalue weighted by molar-refractivity contribution is 7.89. The van der Waals surface area contributed by atoms with Crippen LogP contribution in [0.25, 0.3) is 11.4 Å². The largest absolute Gasteiger partial charge is 0.321 e. The molecule has 2 aliphatic heterocycles. The molecule has 2 aromatic carbocycles. The minimum absolute atomic E-state index is 0.0525. The Bertz CT molecular complexity index is 1350. The summed E-state index contributed by atoms with van der Waals surface area (Å²) in [5, 5.41) is 6.06. The van der Waals surface area contributed by atoms with Gasteiger partial charge in [-0.3, -0.25) is 14.5 Å². The molecule has 1 unspecified atom stereocenters. The summed E-state index contributed by atoms with van der Waals surface area (Å²) >= 11 is 5.97. The summed E-state index contributed by atoms with van der Waals surface area (Å²) in [6.07, 6.45) is 0.261. The number of nitrogens with zero attached hydrogens (tertiary/aromatic N) is 1. The average Bonchev–Trinajstić information content (AvgIpc) is 3.37. The number of amides is 2. The van der Waals surface area contributed by atoms with Crippen molar-refractivity contribution in [1.29, 1.82) is 0 Å². The first-order valence-corrected chi connectivity index (χ1v) is 13.3. The molecule has 1 atom stereocenters. The molecule has 2 heterocycles. The van der Waals surface area contributed by atoms with Gasteiger partial charge >= 0.3 is 0 Å². The van der Waals surface area contributed by atoms with Gasteiger partial charge in [-0.25, -0.2) is 8.42 Å². The van der Waals surface area contributed by atoms with Crippen molar-refractivity contribution in [3.63, 3.8) is 0 Å². The van der Waals surface area contributed by atoms with Crippen LogP contribution in [0.5, 0.6) is 0 Å². The van der Waals surface area contributed by atoms with Crippen LogP contribution in [-0.2, 0) is 19.6 Å². The van der Waals surface area contributed by atoms with E-state index in [0.717, 1.165) is 0 Å². The third-order valence-electron chi connectivity index (χ3n) is 6.18. The van der Waals surface area contributed by atoms with Crippen molar-refractivity contribution in [2.45, 2.75) is 38.3 Å². The van der Waals surface area contributed by atoms with Crippen molar-refractivity contribution >= 4 is 44.8 Å². The lowest BCUT2D eigenvalue weighted by atomic mass is 10.0. The van der Waals surface area contributed by atoms with E-state index in [-0.39, 0.29) is 27.9 Å². The molecular weight excluding hydrogens is 488 g/mol. The number of rotatable bonds is 9. The Morgan fingerprint density at radius 1 is 0.886 bits per heavy atom. The van der Waals surface area contributed by atoms with Crippen LogP contribution in [0.2, 0.25) is 5.02 Å². The molecule has 0 saturated carbocycles. The standard InChI is InChI=1S/C25H27ClN4O4S/c1-4-19(30(5-2)6-3)29-35(33,34)18-9-7-8-16(14-18)23-21-20(24(31)28-23)22(27-25(21)32)15-10-12-17(26)13-11-15/h7-14,19,29H,4-6H2,1-3H3,(H,27,32)(H,28,31). The molecule has 8 nitrogen and oxygen atoms in total. The number of benzene rings is 2. The van der Waals surface area contributed by atoms with Gasteiger partial charge < -0.3 is 10.6 Å². The van der Waals surface area contributed by atoms with Crippen LogP contribution in [0.3, 0.4) is 0 Å².